The molecule has 0 aliphatic heterocycles. The number of hydrogen-bond acceptors (Lipinski definition) is 2. The van der Waals surface area contributed by atoms with E-state index in [0.29, 0.717) is 17.9 Å². The molecule has 2 aromatic rings. The molecule has 0 spiro atoms. The Labute approximate surface area is 143 Å². The number of anilines is 2. The van der Waals surface area contributed by atoms with Crippen LogP contribution in [-0.2, 0) is 11.2 Å². The summed E-state index contributed by atoms with van der Waals surface area (Å²) in [4.78, 5) is 14.3. The van der Waals surface area contributed by atoms with Crippen molar-refractivity contribution < 1.29 is 4.79 Å². The van der Waals surface area contributed by atoms with Gasteiger partial charge in [-0.05, 0) is 62.2 Å². The van der Waals surface area contributed by atoms with E-state index in [2.05, 4.69) is 24.1 Å². The Kier molecular flexibility index (Phi) is 6.48. The second kappa shape index (κ2) is 8.59. The number of halogens is 1. The molecule has 2 aromatic carbocycles. The molecule has 1 amide bonds. The fourth-order valence-corrected chi connectivity index (χ4v) is 2.73. The van der Waals surface area contributed by atoms with Gasteiger partial charge in [-0.1, -0.05) is 23.7 Å². The molecule has 0 aliphatic carbocycles. The van der Waals surface area contributed by atoms with Gasteiger partial charge in [-0.25, -0.2) is 0 Å². The normalized spacial score (nSPS) is 10.4. The Morgan fingerprint density at radius 3 is 2.39 bits per heavy atom. The van der Waals surface area contributed by atoms with Crippen LogP contribution in [0.25, 0.3) is 0 Å². The van der Waals surface area contributed by atoms with Gasteiger partial charge in [-0.15, -0.1) is 0 Å². The number of hydrogen-bond donors (Lipinski definition) is 1. The first-order valence-corrected chi connectivity index (χ1v) is 8.39. The predicted molar refractivity (Wildman–Crippen MR) is 98.4 cm³/mol. The number of aryl methyl sites for hydroxylation is 1. The lowest BCUT2D eigenvalue weighted by Crippen LogP contribution is -2.21. The van der Waals surface area contributed by atoms with Crippen LogP contribution in [0.5, 0.6) is 0 Å². The topological polar surface area (TPSA) is 32.3 Å². The molecule has 23 heavy (non-hydrogen) atoms. The Balaban J connectivity index is 1.87. The maximum atomic E-state index is 12.0. The number of amides is 1. The highest BCUT2D eigenvalue weighted by Gasteiger charge is 2.05. The number of carbonyl (C=O) groups excluding carboxylic acids is 1. The quantitative estimate of drug-likeness (QED) is 0.794. The highest BCUT2D eigenvalue weighted by atomic mass is 35.5. The molecule has 0 saturated carbocycles. The first kappa shape index (κ1) is 17.4. The molecule has 122 valence electrons. The van der Waals surface area contributed by atoms with Gasteiger partial charge in [0.1, 0.15) is 0 Å². The second-order valence-corrected chi connectivity index (χ2v) is 5.83. The van der Waals surface area contributed by atoms with Crippen LogP contribution >= 0.6 is 11.6 Å². The third-order valence-corrected chi connectivity index (χ3v) is 4.04. The van der Waals surface area contributed by atoms with Crippen LogP contribution in [0.4, 0.5) is 11.4 Å². The minimum Gasteiger partial charge on any atom is -0.372 e. The second-order valence-electron chi connectivity index (χ2n) is 5.40. The Bertz CT molecular complexity index is 636. The SMILES string of the molecule is CCN(CC)c1ccc(NC(=O)CCc2cccc(Cl)c2)cc1. The molecule has 0 atom stereocenters. The van der Waals surface area contributed by atoms with Gasteiger partial charge >= 0.3 is 0 Å². The Morgan fingerprint density at radius 2 is 1.78 bits per heavy atom. The number of nitrogens with zero attached hydrogens (tertiary/aromatic N) is 1. The summed E-state index contributed by atoms with van der Waals surface area (Å²) in [5.41, 5.74) is 3.08. The summed E-state index contributed by atoms with van der Waals surface area (Å²) in [5.74, 6) is 0.0144. The summed E-state index contributed by atoms with van der Waals surface area (Å²) in [5, 5.41) is 3.64. The summed E-state index contributed by atoms with van der Waals surface area (Å²) in [6, 6.07) is 15.6. The van der Waals surface area contributed by atoms with E-state index in [1.165, 1.54) is 5.69 Å². The van der Waals surface area contributed by atoms with Crippen molar-refractivity contribution >= 4 is 28.9 Å². The van der Waals surface area contributed by atoms with Gasteiger partial charge in [0.25, 0.3) is 0 Å². The standard InChI is InChI=1S/C19H23ClN2O/c1-3-22(4-2)18-11-9-17(10-12-18)21-19(23)13-8-15-6-5-7-16(20)14-15/h5-7,9-12,14H,3-4,8,13H2,1-2H3,(H,21,23). The number of carbonyl (C=O) groups is 1. The van der Waals surface area contributed by atoms with E-state index in [1.807, 2.05) is 48.5 Å². The summed E-state index contributed by atoms with van der Waals surface area (Å²) < 4.78 is 0. The van der Waals surface area contributed by atoms with Gasteiger partial charge in [0.05, 0.1) is 0 Å². The number of benzene rings is 2. The molecule has 2 rings (SSSR count). The fraction of sp³-hybridized carbons (Fsp3) is 0.316. The lowest BCUT2D eigenvalue weighted by molar-refractivity contribution is -0.116. The Hall–Kier alpha value is -2.00. The molecule has 0 radical (unpaired) electrons. The monoisotopic (exact) mass is 330 g/mol. The highest BCUT2D eigenvalue weighted by Crippen LogP contribution is 2.18. The van der Waals surface area contributed by atoms with Crippen molar-refractivity contribution in [1.82, 2.24) is 0 Å². The van der Waals surface area contributed by atoms with Crippen molar-refractivity contribution in [3.63, 3.8) is 0 Å². The van der Waals surface area contributed by atoms with Crippen molar-refractivity contribution in [1.29, 1.82) is 0 Å². The lowest BCUT2D eigenvalue weighted by atomic mass is 10.1. The molecule has 0 unspecified atom stereocenters. The van der Waals surface area contributed by atoms with Crippen LogP contribution in [0.1, 0.15) is 25.8 Å². The van der Waals surface area contributed by atoms with Crippen LogP contribution in [0.3, 0.4) is 0 Å². The summed E-state index contributed by atoms with van der Waals surface area (Å²) in [6.07, 6.45) is 1.13. The molecule has 0 saturated heterocycles. The highest BCUT2D eigenvalue weighted by molar-refractivity contribution is 6.30. The van der Waals surface area contributed by atoms with Crippen molar-refractivity contribution in [3.05, 3.63) is 59.1 Å². The molecular weight excluding hydrogens is 308 g/mol. The number of rotatable bonds is 7. The summed E-state index contributed by atoms with van der Waals surface area (Å²) >= 11 is 5.95. The average Bonchev–Trinajstić information content (AvgIpc) is 2.56. The maximum Gasteiger partial charge on any atom is 0.224 e. The average molecular weight is 331 g/mol. The number of nitrogens with one attached hydrogen (secondary N) is 1. The first-order valence-electron chi connectivity index (χ1n) is 8.01. The molecule has 0 bridgehead atoms. The lowest BCUT2D eigenvalue weighted by Gasteiger charge is -2.21. The molecule has 1 N–H and O–H groups in total. The van der Waals surface area contributed by atoms with Gasteiger partial charge < -0.3 is 10.2 Å². The van der Waals surface area contributed by atoms with Gasteiger partial charge in [0.15, 0.2) is 0 Å². The first-order chi connectivity index (χ1) is 11.1. The van der Waals surface area contributed by atoms with Gasteiger partial charge in [0, 0.05) is 35.9 Å². The van der Waals surface area contributed by atoms with Crippen LogP contribution in [0.15, 0.2) is 48.5 Å². The molecule has 3 nitrogen and oxygen atoms in total. The van der Waals surface area contributed by atoms with E-state index in [1.54, 1.807) is 0 Å². The van der Waals surface area contributed by atoms with E-state index >= 15 is 0 Å². The van der Waals surface area contributed by atoms with Crippen molar-refractivity contribution in [3.8, 4) is 0 Å². The van der Waals surface area contributed by atoms with E-state index < -0.39 is 0 Å². The van der Waals surface area contributed by atoms with Crippen LogP contribution in [0.2, 0.25) is 5.02 Å². The summed E-state index contributed by atoms with van der Waals surface area (Å²) in [7, 11) is 0. The maximum absolute atomic E-state index is 12.0. The zero-order valence-electron chi connectivity index (χ0n) is 13.7. The van der Waals surface area contributed by atoms with Crippen LogP contribution in [-0.4, -0.2) is 19.0 Å². The Morgan fingerprint density at radius 1 is 1.09 bits per heavy atom. The van der Waals surface area contributed by atoms with Crippen LogP contribution < -0.4 is 10.2 Å². The minimum absolute atomic E-state index is 0.0144. The zero-order chi connectivity index (χ0) is 16.7. The molecule has 4 heteroatoms. The molecular formula is C19H23ClN2O. The van der Waals surface area contributed by atoms with Crippen molar-refractivity contribution in [2.75, 3.05) is 23.3 Å². The molecule has 0 aromatic heterocycles. The fourth-order valence-electron chi connectivity index (χ4n) is 2.52. The van der Waals surface area contributed by atoms with Crippen molar-refractivity contribution in [2.24, 2.45) is 0 Å². The third-order valence-electron chi connectivity index (χ3n) is 3.81. The minimum atomic E-state index is 0.0144. The van der Waals surface area contributed by atoms with Gasteiger partial charge in [-0.3, -0.25) is 4.79 Å². The van der Waals surface area contributed by atoms with E-state index in [4.69, 9.17) is 11.6 Å². The van der Waals surface area contributed by atoms with E-state index in [-0.39, 0.29) is 5.91 Å². The molecule has 0 heterocycles. The van der Waals surface area contributed by atoms with Crippen LogP contribution in [0, 0.1) is 0 Å². The van der Waals surface area contributed by atoms with E-state index in [0.717, 1.165) is 24.3 Å². The van der Waals surface area contributed by atoms with Gasteiger partial charge in [-0.2, -0.15) is 0 Å². The molecule has 0 fully saturated rings. The van der Waals surface area contributed by atoms with Gasteiger partial charge in [0.2, 0.25) is 5.91 Å². The smallest absolute Gasteiger partial charge is 0.224 e. The van der Waals surface area contributed by atoms with Crippen molar-refractivity contribution in [2.45, 2.75) is 26.7 Å². The zero-order valence-corrected chi connectivity index (χ0v) is 14.4. The summed E-state index contributed by atoms with van der Waals surface area (Å²) in [6.45, 7) is 6.22. The third kappa shape index (κ3) is 5.29. The molecule has 0 aliphatic rings. The van der Waals surface area contributed by atoms with E-state index in [9.17, 15) is 4.79 Å². The predicted octanol–water partition coefficient (Wildman–Crippen LogP) is 4.76. The largest absolute Gasteiger partial charge is 0.372 e.